The smallest absolute Gasteiger partial charge is 0.312 e. The molecule has 2 heterocycles. The van der Waals surface area contributed by atoms with Gasteiger partial charge in [0.05, 0.1) is 11.5 Å². The van der Waals surface area contributed by atoms with Crippen molar-refractivity contribution < 1.29 is 14.8 Å². The fourth-order valence-electron chi connectivity index (χ4n) is 2.24. The lowest BCUT2D eigenvalue weighted by atomic mass is 10.1. The van der Waals surface area contributed by atoms with Crippen LogP contribution in [0.15, 0.2) is 17.5 Å². The van der Waals surface area contributed by atoms with E-state index in [4.69, 9.17) is 0 Å². The molecule has 0 aromatic carbocycles. The number of nitro groups is 1. The van der Waals surface area contributed by atoms with Crippen LogP contribution in [0.25, 0.3) is 0 Å². The summed E-state index contributed by atoms with van der Waals surface area (Å²) in [6.07, 6.45) is 0. The number of hydrogen-bond acceptors (Lipinski definition) is 6. The predicted molar refractivity (Wildman–Crippen MR) is 85.3 cm³/mol. The third kappa shape index (κ3) is 3.74. The first kappa shape index (κ1) is 17.1. The van der Waals surface area contributed by atoms with Crippen molar-refractivity contribution in [3.63, 3.8) is 0 Å². The van der Waals surface area contributed by atoms with E-state index in [1.165, 1.54) is 22.9 Å². The molecule has 0 fully saturated rings. The average Bonchev–Trinajstić information content (AvgIpc) is 3.06. The van der Waals surface area contributed by atoms with Gasteiger partial charge in [0.25, 0.3) is 0 Å². The van der Waals surface area contributed by atoms with Crippen LogP contribution in [0.2, 0.25) is 0 Å². The fraction of sp³-hybridized carbons (Fsp3) is 0.429. The Morgan fingerprint density at radius 2 is 2.26 bits per heavy atom. The highest BCUT2D eigenvalue weighted by Crippen LogP contribution is 2.24. The van der Waals surface area contributed by atoms with Crippen molar-refractivity contribution in [3.05, 3.63) is 43.9 Å². The highest BCUT2D eigenvalue weighted by Gasteiger charge is 2.26. The number of nitrogens with one attached hydrogen (secondary N) is 1. The Morgan fingerprint density at radius 1 is 1.57 bits per heavy atom. The van der Waals surface area contributed by atoms with E-state index in [1.807, 2.05) is 11.4 Å². The van der Waals surface area contributed by atoms with Gasteiger partial charge in [-0.1, -0.05) is 6.07 Å². The highest BCUT2D eigenvalue weighted by molar-refractivity contribution is 7.10. The lowest BCUT2D eigenvalue weighted by Crippen LogP contribution is -2.39. The van der Waals surface area contributed by atoms with Crippen molar-refractivity contribution in [1.29, 1.82) is 0 Å². The monoisotopic (exact) mass is 338 g/mol. The van der Waals surface area contributed by atoms with Crippen LogP contribution < -0.4 is 5.32 Å². The maximum absolute atomic E-state index is 12.0. The molecule has 0 aliphatic carbocycles. The van der Waals surface area contributed by atoms with Crippen molar-refractivity contribution in [2.45, 2.75) is 32.9 Å². The minimum Gasteiger partial charge on any atom is -0.383 e. The minimum atomic E-state index is -1.16. The zero-order valence-corrected chi connectivity index (χ0v) is 13.9. The van der Waals surface area contributed by atoms with Gasteiger partial charge in [-0.15, -0.1) is 11.3 Å². The van der Waals surface area contributed by atoms with E-state index in [2.05, 4.69) is 10.4 Å². The zero-order valence-electron chi connectivity index (χ0n) is 13.1. The molecule has 124 valence electrons. The Bertz CT molecular complexity index is 721. The highest BCUT2D eigenvalue weighted by atomic mass is 32.1. The van der Waals surface area contributed by atoms with Crippen molar-refractivity contribution >= 4 is 22.9 Å². The molecular weight excluding hydrogens is 320 g/mol. The van der Waals surface area contributed by atoms with E-state index in [9.17, 15) is 20.0 Å². The van der Waals surface area contributed by atoms with E-state index in [0.29, 0.717) is 5.69 Å². The number of aromatic nitrogens is 2. The molecule has 23 heavy (non-hydrogen) atoms. The van der Waals surface area contributed by atoms with Gasteiger partial charge in [-0.05, 0) is 32.2 Å². The minimum absolute atomic E-state index is 0.0493. The van der Waals surface area contributed by atoms with Crippen molar-refractivity contribution in [1.82, 2.24) is 15.1 Å². The molecule has 0 spiro atoms. The number of aliphatic hydroxyl groups is 1. The molecule has 2 aromatic heterocycles. The number of amides is 1. The molecule has 1 atom stereocenters. The van der Waals surface area contributed by atoms with Crippen LogP contribution in [-0.2, 0) is 16.9 Å². The van der Waals surface area contributed by atoms with E-state index in [0.717, 1.165) is 4.88 Å². The van der Waals surface area contributed by atoms with E-state index in [1.54, 1.807) is 19.9 Å². The molecule has 0 aliphatic heterocycles. The fourth-order valence-corrected chi connectivity index (χ4v) is 3.03. The van der Waals surface area contributed by atoms with Gasteiger partial charge in [0.1, 0.15) is 23.5 Å². The second-order valence-corrected chi connectivity index (χ2v) is 6.41. The van der Waals surface area contributed by atoms with Crippen molar-refractivity contribution in [2.75, 3.05) is 6.54 Å². The van der Waals surface area contributed by atoms with Gasteiger partial charge in [-0.25, -0.2) is 0 Å². The lowest BCUT2D eigenvalue weighted by Gasteiger charge is -2.22. The summed E-state index contributed by atoms with van der Waals surface area (Å²) in [6.45, 7) is 4.61. The molecule has 2 aromatic rings. The maximum Gasteiger partial charge on any atom is 0.312 e. The summed E-state index contributed by atoms with van der Waals surface area (Å²) in [6, 6.07) is 3.62. The summed E-state index contributed by atoms with van der Waals surface area (Å²) in [5, 5.41) is 29.8. The largest absolute Gasteiger partial charge is 0.383 e. The standard InChI is InChI=1S/C14H18N4O4S/c1-9-13(18(21)22)10(2)17(16-9)7-12(19)15-8-14(3,20)11-5-4-6-23-11/h4-6,20H,7-8H2,1-3H3,(H,15,19). The third-order valence-corrected chi connectivity index (χ3v) is 4.62. The number of nitrogens with zero attached hydrogens (tertiary/aromatic N) is 3. The summed E-state index contributed by atoms with van der Waals surface area (Å²) in [7, 11) is 0. The number of rotatable bonds is 6. The predicted octanol–water partition coefficient (Wildman–Crippen LogP) is 1.49. The molecular formula is C14H18N4O4S. The Morgan fingerprint density at radius 3 is 2.78 bits per heavy atom. The molecule has 1 amide bonds. The first-order valence-electron chi connectivity index (χ1n) is 6.94. The Labute approximate surface area is 136 Å². The van der Waals surface area contributed by atoms with Crippen LogP contribution >= 0.6 is 11.3 Å². The van der Waals surface area contributed by atoms with Crippen molar-refractivity contribution in [2.24, 2.45) is 0 Å². The summed E-state index contributed by atoms with van der Waals surface area (Å²) in [5.74, 6) is -0.373. The first-order chi connectivity index (χ1) is 10.7. The van der Waals surface area contributed by atoms with Gasteiger partial charge in [-0.3, -0.25) is 19.6 Å². The van der Waals surface area contributed by atoms with Gasteiger partial charge < -0.3 is 10.4 Å². The molecule has 8 nitrogen and oxygen atoms in total. The van der Waals surface area contributed by atoms with Gasteiger partial charge in [0.2, 0.25) is 5.91 Å². The van der Waals surface area contributed by atoms with Gasteiger partial charge >= 0.3 is 5.69 Å². The number of carbonyl (C=O) groups is 1. The quantitative estimate of drug-likeness (QED) is 0.612. The van der Waals surface area contributed by atoms with Crippen LogP contribution in [-0.4, -0.2) is 32.3 Å². The second-order valence-electron chi connectivity index (χ2n) is 5.46. The summed E-state index contributed by atoms with van der Waals surface area (Å²) >= 11 is 1.40. The molecule has 2 rings (SSSR count). The van der Waals surface area contributed by atoms with Crippen LogP contribution in [0, 0.1) is 24.0 Å². The Hall–Kier alpha value is -2.26. The van der Waals surface area contributed by atoms with Crippen LogP contribution in [0.3, 0.4) is 0 Å². The van der Waals surface area contributed by atoms with E-state index < -0.39 is 10.5 Å². The molecule has 0 radical (unpaired) electrons. The summed E-state index contributed by atoms with van der Waals surface area (Å²) < 4.78 is 1.29. The van der Waals surface area contributed by atoms with Crippen LogP contribution in [0.5, 0.6) is 0 Å². The normalized spacial score (nSPS) is 13.6. The molecule has 0 saturated carbocycles. The zero-order chi connectivity index (χ0) is 17.2. The molecule has 2 N–H and O–H groups in total. The summed E-state index contributed by atoms with van der Waals surface area (Å²) in [5.41, 5.74) is -0.646. The maximum atomic E-state index is 12.0. The summed E-state index contributed by atoms with van der Waals surface area (Å²) in [4.78, 5) is 23.2. The number of thiophene rings is 1. The topological polar surface area (TPSA) is 110 Å². The van der Waals surface area contributed by atoms with E-state index in [-0.39, 0.29) is 30.4 Å². The average molecular weight is 338 g/mol. The van der Waals surface area contributed by atoms with Gasteiger partial charge in [0, 0.05) is 4.88 Å². The number of aryl methyl sites for hydroxylation is 1. The second kappa shape index (κ2) is 6.47. The third-order valence-electron chi connectivity index (χ3n) is 3.50. The van der Waals surface area contributed by atoms with E-state index >= 15 is 0 Å². The Balaban J connectivity index is 2.01. The number of carbonyl (C=O) groups excluding carboxylic acids is 1. The molecule has 1 unspecified atom stereocenters. The van der Waals surface area contributed by atoms with Gasteiger partial charge in [0.15, 0.2) is 0 Å². The molecule has 0 aliphatic rings. The first-order valence-corrected chi connectivity index (χ1v) is 7.82. The van der Waals surface area contributed by atoms with Crippen molar-refractivity contribution in [3.8, 4) is 0 Å². The molecule has 9 heteroatoms. The van der Waals surface area contributed by atoms with Gasteiger partial charge in [-0.2, -0.15) is 5.10 Å². The van der Waals surface area contributed by atoms with Crippen LogP contribution in [0.4, 0.5) is 5.69 Å². The molecule has 0 saturated heterocycles. The lowest BCUT2D eigenvalue weighted by molar-refractivity contribution is -0.386. The SMILES string of the molecule is Cc1nn(CC(=O)NCC(C)(O)c2cccs2)c(C)c1[N+](=O)[O-]. The Kier molecular flexibility index (Phi) is 4.81. The van der Waals surface area contributed by atoms with Crippen LogP contribution in [0.1, 0.15) is 23.2 Å². The number of hydrogen-bond donors (Lipinski definition) is 2. The molecule has 0 bridgehead atoms.